The molecule has 2 heteroatoms. The molecule has 82 valence electrons. The van der Waals surface area contributed by atoms with Gasteiger partial charge in [0.2, 0.25) is 0 Å². The topological polar surface area (TPSA) is 12.5 Å². The molecule has 0 aromatic rings. The van der Waals surface area contributed by atoms with Gasteiger partial charge in [0.05, 0.1) is 6.61 Å². The maximum absolute atomic E-state index is 5.64. The lowest BCUT2D eigenvalue weighted by Crippen LogP contribution is -2.50. The molecular weight excluding hydrogens is 174 g/mol. The average Bonchev–Trinajstić information content (AvgIpc) is 2.62. The predicted molar refractivity (Wildman–Crippen MR) is 58.4 cm³/mol. The lowest BCUT2D eigenvalue weighted by molar-refractivity contribution is 0.0485. The van der Waals surface area contributed by atoms with Crippen molar-refractivity contribution >= 4 is 0 Å². The van der Waals surface area contributed by atoms with Crippen LogP contribution in [0.5, 0.6) is 0 Å². The van der Waals surface area contributed by atoms with Crippen molar-refractivity contribution in [1.82, 2.24) is 4.90 Å². The third-order valence-electron chi connectivity index (χ3n) is 4.24. The molecule has 2 nitrogen and oxygen atoms in total. The van der Waals surface area contributed by atoms with Crippen LogP contribution < -0.4 is 0 Å². The van der Waals surface area contributed by atoms with E-state index >= 15 is 0 Å². The first-order valence-electron chi connectivity index (χ1n) is 5.76. The van der Waals surface area contributed by atoms with Gasteiger partial charge >= 0.3 is 0 Å². The van der Waals surface area contributed by atoms with Crippen LogP contribution in [0, 0.1) is 11.3 Å². The quantitative estimate of drug-likeness (QED) is 0.590. The highest BCUT2D eigenvalue weighted by Gasteiger charge is 2.53. The monoisotopic (exact) mass is 197 g/mol. The highest BCUT2D eigenvalue weighted by molar-refractivity contribution is 5.06. The van der Waals surface area contributed by atoms with Crippen molar-refractivity contribution in [1.29, 1.82) is 0 Å². The first-order chi connectivity index (χ1) is 6.47. The van der Waals surface area contributed by atoms with Gasteiger partial charge in [0.1, 0.15) is 0 Å². The van der Waals surface area contributed by atoms with Gasteiger partial charge in [-0.3, -0.25) is 4.90 Å². The fraction of sp³-hybridized carbons (Fsp3) is 1.00. The van der Waals surface area contributed by atoms with Gasteiger partial charge in [0.15, 0.2) is 0 Å². The molecule has 0 saturated carbocycles. The van der Waals surface area contributed by atoms with Crippen LogP contribution >= 0.6 is 0 Å². The number of likely N-dealkylation sites (tertiary alicyclic amines) is 1. The third kappa shape index (κ3) is 1.40. The second kappa shape index (κ2) is 3.21. The van der Waals surface area contributed by atoms with Crippen molar-refractivity contribution < 1.29 is 4.74 Å². The summed E-state index contributed by atoms with van der Waals surface area (Å²) in [6.07, 6.45) is 2.56. The summed E-state index contributed by atoms with van der Waals surface area (Å²) >= 11 is 0. The van der Waals surface area contributed by atoms with E-state index in [1.807, 2.05) is 0 Å². The number of hydrogen-bond donors (Lipinski definition) is 0. The van der Waals surface area contributed by atoms with Gasteiger partial charge in [-0.05, 0) is 37.8 Å². The standard InChI is InChI=1S/C12H23NO/c1-11(2,3)10-5-7-13(4)12(10)6-8-14-9-12/h10H,5-9H2,1-4H3. The highest BCUT2D eigenvalue weighted by Crippen LogP contribution is 2.48. The molecule has 2 rings (SSSR count). The zero-order valence-electron chi connectivity index (χ0n) is 9.97. The lowest BCUT2D eigenvalue weighted by Gasteiger charge is -2.42. The summed E-state index contributed by atoms with van der Waals surface area (Å²) in [6.45, 7) is 10.3. The Bertz CT molecular complexity index is 213. The average molecular weight is 197 g/mol. The molecule has 14 heavy (non-hydrogen) atoms. The van der Waals surface area contributed by atoms with Crippen molar-refractivity contribution in [2.24, 2.45) is 11.3 Å². The zero-order chi connectivity index (χ0) is 10.4. The van der Waals surface area contributed by atoms with E-state index in [1.54, 1.807) is 0 Å². The van der Waals surface area contributed by atoms with Gasteiger partial charge in [-0.15, -0.1) is 0 Å². The van der Waals surface area contributed by atoms with Gasteiger partial charge in [-0.25, -0.2) is 0 Å². The van der Waals surface area contributed by atoms with E-state index in [4.69, 9.17) is 4.74 Å². The maximum Gasteiger partial charge on any atom is 0.0654 e. The SMILES string of the molecule is CN1CCC(C(C)(C)C)C12CCOC2. The molecule has 2 aliphatic heterocycles. The van der Waals surface area contributed by atoms with Gasteiger partial charge < -0.3 is 4.74 Å². The van der Waals surface area contributed by atoms with Gasteiger partial charge in [-0.2, -0.15) is 0 Å². The summed E-state index contributed by atoms with van der Waals surface area (Å²) in [5.74, 6) is 0.794. The molecule has 2 fully saturated rings. The first kappa shape index (κ1) is 10.4. The molecule has 1 spiro atoms. The van der Waals surface area contributed by atoms with E-state index in [0.717, 1.165) is 19.1 Å². The van der Waals surface area contributed by atoms with Crippen molar-refractivity contribution in [2.75, 3.05) is 26.8 Å². The number of ether oxygens (including phenoxy) is 1. The molecule has 0 radical (unpaired) electrons. The Kier molecular flexibility index (Phi) is 2.39. The Morgan fingerprint density at radius 3 is 2.57 bits per heavy atom. The van der Waals surface area contributed by atoms with Gasteiger partial charge in [-0.1, -0.05) is 20.8 Å². The Hall–Kier alpha value is -0.0800. The van der Waals surface area contributed by atoms with Gasteiger partial charge in [0, 0.05) is 12.1 Å². The fourth-order valence-electron chi connectivity index (χ4n) is 3.47. The minimum absolute atomic E-state index is 0.359. The molecule has 2 heterocycles. The summed E-state index contributed by atoms with van der Waals surface area (Å²) < 4.78 is 5.64. The zero-order valence-corrected chi connectivity index (χ0v) is 9.97. The molecule has 0 amide bonds. The molecule has 0 N–H and O–H groups in total. The molecular formula is C12H23NO. The molecule has 0 bridgehead atoms. The molecule has 2 atom stereocenters. The Balaban J connectivity index is 2.25. The summed E-state index contributed by atoms with van der Waals surface area (Å²) in [5, 5.41) is 0. The van der Waals surface area contributed by atoms with E-state index in [-0.39, 0.29) is 0 Å². The fourth-order valence-corrected chi connectivity index (χ4v) is 3.47. The number of likely N-dealkylation sites (N-methyl/N-ethyl adjacent to an activating group) is 1. The van der Waals surface area contributed by atoms with Crippen LogP contribution in [0.15, 0.2) is 0 Å². The van der Waals surface area contributed by atoms with Crippen molar-refractivity contribution in [3.05, 3.63) is 0 Å². The van der Waals surface area contributed by atoms with E-state index in [2.05, 4.69) is 32.7 Å². The lowest BCUT2D eigenvalue weighted by atomic mass is 9.69. The van der Waals surface area contributed by atoms with Crippen LogP contribution in [0.25, 0.3) is 0 Å². The van der Waals surface area contributed by atoms with Crippen molar-refractivity contribution in [3.63, 3.8) is 0 Å². The second-order valence-electron chi connectivity index (χ2n) is 6.04. The summed E-state index contributed by atoms with van der Waals surface area (Å²) in [6, 6.07) is 0. The van der Waals surface area contributed by atoms with Crippen LogP contribution in [0.3, 0.4) is 0 Å². The van der Waals surface area contributed by atoms with E-state index in [9.17, 15) is 0 Å². The minimum atomic E-state index is 0.359. The molecule has 0 aromatic carbocycles. The Morgan fingerprint density at radius 2 is 2.07 bits per heavy atom. The van der Waals surface area contributed by atoms with Crippen LogP contribution in [0.2, 0.25) is 0 Å². The van der Waals surface area contributed by atoms with Crippen LogP contribution in [-0.2, 0) is 4.74 Å². The Labute approximate surface area is 87.6 Å². The van der Waals surface area contributed by atoms with Crippen molar-refractivity contribution in [2.45, 2.75) is 39.2 Å². The number of rotatable bonds is 0. The Morgan fingerprint density at radius 1 is 1.36 bits per heavy atom. The van der Waals surface area contributed by atoms with Crippen LogP contribution in [0.4, 0.5) is 0 Å². The van der Waals surface area contributed by atoms with Gasteiger partial charge in [0.25, 0.3) is 0 Å². The smallest absolute Gasteiger partial charge is 0.0654 e. The first-order valence-corrected chi connectivity index (χ1v) is 5.76. The van der Waals surface area contributed by atoms with E-state index < -0.39 is 0 Å². The highest BCUT2D eigenvalue weighted by atomic mass is 16.5. The second-order valence-corrected chi connectivity index (χ2v) is 6.04. The summed E-state index contributed by atoms with van der Waals surface area (Å²) in [4.78, 5) is 2.54. The molecule has 2 unspecified atom stereocenters. The van der Waals surface area contributed by atoms with E-state index in [0.29, 0.717) is 11.0 Å². The van der Waals surface area contributed by atoms with Crippen LogP contribution in [-0.4, -0.2) is 37.2 Å². The predicted octanol–water partition coefficient (Wildman–Crippen LogP) is 2.14. The van der Waals surface area contributed by atoms with Crippen molar-refractivity contribution in [3.8, 4) is 0 Å². The maximum atomic E-state index is 5.64. The minimum Gasteiger partial charge on any atom is -0.379 e. The largest absolute Gasteiger partial charge is 0.379 e. The molecule has 0 aromatic heterocycles. The molecule has 2 aliphatic rings. The third-order valence-corrected chi connectivity index (χ3v) is 4.24. The molecule has 2 saturated heterocycles. The summed E-state index contributed by atoms with van der Waals surface area (Å²) in [5.41, 5.74) is 0.775. The van der Waals surface area contributed by atoms with E-state index in [1.165, 1.54) is 19.4 Å². The number of nitrogens with zero attached hydrogens (tertiary/aromatic N) is 1. The molecule has 0 aliphatic carbocycles. The van der Waals surface area contributed by atoms with Crippen LogP contribution in [0.1, 0.15) is 33.6 Å². The summed E-state index contributed by atoms with van der Waals surface area (Å²) in [7, 11) is 2.26. The number of hydrogen-bond acceptors (Lipinski definition) is 2. The normalized spacial score (nSPS) is 39.9.